The molecule has 1 heterocycles. The summed E-state index contributed by atoms with van der Waals surface area (Å²) in [6, 6.07) is 10.1. The van der Waals surface area contributed by atoms with Crippen molar-refractivity contribution in [2.75, 3.05) is 25.6 Å². The van der Waals surface area contributed by atoms with Crippen molar-refractivity contribution in [2.24, 2.45) is 0 Å². The lowest BCUT2D eigenvalue weighted by molar-refractivity contribution is 0.107. The minimum absolute atomic E-state index is 0.223. The second-order valence-corrected chi connectivity index (χ2v) is 5.13. The fourth-order valence-electron chi connectivity index (χ4n) is 1.53. The lowest BCUT2D eigenvalue weighted by Gasteiger charge is -2.04. The number of hydrogen-bond donors (Lipinski definition) is 1. The van der Waals surface area contributed by atoms with Crippen LogP contribution in [0.25, 0.3) is 0 Å². The number of hydrogen-bond acceptors (Lipinski definition) is 5. The molecule has 0 saturated heterocycles. The topological polar surface area (TPSA) is 65.4 Å². The maximum atomic E-state index is 11.4. The number of anilines is 1. The van der Waals surface area contributed by atoms with Gasteiger partial charge < -0.3 is 9.47 Å². The van der Waals surface area contributed by atoms with Gasteiger partial charge in [0.25, 0.3) is 0 Å². The Morgan fingerprint density at radius 1 is 1.33 bits per heavy atom. The minimum Gasteiger partial charge on any atom is -0.447 e. The van der Waals surface area contributed by atoms with Crippen LogP contribution in [-0.4, -0.2) is 36.2 Å². The number of benzene rings is 1. The molecule has 7 heteroatoms. The fraction of sp³-hybridized carbons (Fsp3) is 0.286. The molecule has 0 fully saturated rings. The van der Waals surface area contributed by atoms with Crippen LogP contribution in [0.15, 0.2) is 47.6 Å². The molecule has 0 aliphatic carbocycles. The van der Waals surface area contributed by atoms with E-state index in [0.29, 0.717) is 18.2 Å². The van der Waals surface area contributed by atoms with Gasteiger partial charge in [0.15, 0.2) is 0 Å². The first-order chi connectivity index (χ1) is 10.3. The van der Waals surface area contributed by atoms with Gasteiger partial charge in [0.2, 0.25) is 0 Å². The number of nitrogens with zero attached hydrogens (tertiary/aromatic N) is 2. The summed E-state index contributed by atoms with van der Waals surface area (Å²) in [5.41, 5.74) is 0.603. The van der Waals surface area contributed by atoms with E-state index in [-0.39, 0.29) is 6.61 Å². The van der Waals surface area contributed by atoms with E-state index in [9.17, 15) is 4.79 Å². The highest BCUT2D eigenvalue weighted by Gasteiger charge is 2.05. The lowest BCUT2D eigenvalue weighted by Crippen LogP contribution is -2.16. The third-order valence-corrected chi connectivity index (χ3v) is 3.51. The zero-order valence-corrected chi connectivity index (χ0v) is 12.5. The van der Waals surface area contributed by atoms with Crippen LogP contribution < -0.4 is 5.32 Å². The van der Waals surface area contributed by atoms with Crippen LogP contribution in [0.3, 0.4) is 0 Å². The molecule has 1 amide bonds. The Morgan fingerprint density at radius 2 is 2.14 bits per heavy atom. The first-order valence-corrected chi connectivity index (χ1v) is 7.39. The van der Waals surface area contributed by atoms with E-state index in [1.54, 1.807) is 35.9 Å². The summed E-state index contributed by atoms with van der Waals surface area (Å²) >= 11 is 1.66. The van der Waals surface area contributed by atoms with Crippen molar-refractivity contribution in [3.05, 3.63) is 42.7 Å². The Morgan fingerprint density at radius 3 is 2.90 bits per heavy atom. The SMILES string of the molecule is COCCOC(=O)Nc1cnn(CSc2ccccc2)c1. The third kappa shape index (κ3) is 5.49. The first kappa shape index (κ1) is 15.4. The van der Waals surface area contributed by atoms with E-state index in [1.807, 2.05) is 30.3 Å². The van der Waals surface area contributed by atoms with E-state index in [1.165, 1.54) is 4.90 Å². The number of methoxy groups -OCH3 is 1. The largest absolute Gasteiger partial charge is 0.447 e. The summed E-state index contributed by atoms with van der Waals surface area (Å²) < 4.78 is 11.5. The molecule has 0 aliphatic rings. The number of ether oxygens (including phenoxy) is 2. The molecule has 0 unspecified atom stereocenters. The zero-order chi connectivity index (χ0) is 14.9. The normalized spacial score (nSPS) is 10.3. The average Bonchev–Trinajstić information content (AvgIpc) is 2.94. The molecule has 1 aromatic heterocycles. The van der Waals surface area contributed by atoms with Crippen LogP contribution in [0.5, 0.6) is 0 Å². The Bertz CT molecular complexity index is 560. The summed E-state index contributed by atoms with van der Waals surface area (Å²) in [5, 5.41) is 6.79. The van der Waals surface area contributed by atoms with E-state index in [2.05, 4.69) is 10.4 Å². The van der Waals surface area contributed by atoms with Crippen LogP contribution in [0, 0.1) is 0 Å². The molecule has 2 aromatic rings. The Labute approximate surface area is 127 Å². The second-order valence-electron chi connectivity index (χ2n) is 4.11. The first-order valence-electron chi connectivity index (χ1n) is 6.41. The van der Waals surface area contributed by atoms with Gasteiger partial charge in [-0.3, -0.25) is 10.00 Å². The highest BCUT2D eigenvalue weighted by Crippen LogP contribution is 2.19. The molecule has 0 aliphatic heterocycles. The molecule has 0 spiro atoms. The molecule has 0 bridgehead atoms. The van der Waals surface area contributed by atoms with Crippen LogP contribution >= 0.6 is 11.8 Å². The predicted molar refractivity (Wildman–Crippen MR) is 81.4 cm³/mol. The Balaban J connectivity index is 1.77. The van der Waals surface area contributed by atoms with E-state index >= 15 is 0 Å². The number of carbonyl (C=O) groups is 1. The average molecular weight is 307 g/mol. The van der Waals surface area contributed by atoms with Crippen molar-refractivity contribution in [2.45, 2.75) is 10.8 Å². The van der Waals surface area contributed by atoms with Crippen LogP contribution in [0.4, 0.5) is 10.5 Å². The van der Waals surface area contributed by atoms with Crippen molar-refractivity contribution in [1.82, 2.24) is 9.78 Å². The lowest BCUT2D eigenvalue weighted by atomic mass is 10.4. The van der Waals surface area contributed by atoms with Crippen LogP contribution in [0.1, 0.15) is 0 Å². The molecule has 2 rings (SSSR count). The molecule has 6 nitrogen and oxygen atoms in total. The maximum Gasteiger partial charge on any atom is 0.411 e. The second kappa shape index (κ2) is 8.33. The van der Waals surface area contributed by atoms with Gasteiger partial charge in [0.1, 0.15) is 6.61 Å². The van der Waals surface area contributed by atoms with E-state index in [4.69, 9.17) is 9.47 Å². The molecule has 21 heavy (non-hydrogen) atoms. The third-order valence-electron chi connectivity index (χ3n) is 2.51. The van der Waals surface area contributed by atoms with Crippen molar-refractivity contribution in [1.29, 1.82) is 0 Å². The maximum absolute atomic E-state index is 11.4. The molecule has 1 N–H and O–H groups in total. The molecular formula is C14H17N3O3S. The monoisotopic (exact) mass is 307 g/mol. The fourth-order valence-corrected chi connectivity index (χ4v) is 2.30. The number of thioether (sulfide) groups is 1. The summed E-state index contributed by atoms with van der Waals surface area (Å²) in [6.45, 7) is 0.598. The zero-order valence-electron chi connectivity index (χ0n) is 11.7. The van der Waals surface area contributed by atoms with Crippen LogP contribution in [0.2, 0.25) is 0 Å². The molecule has 112 valence electrons. The predicted octanol–water partition coefficient (Wildman–Crippen LogP) is 2.83. The van der Waals surface area contributed by atoms with Gasteiger partial charge in [-0.2, -0.15) is 5.10 Å². The summed E-state index contributed by atoms with van der Waals surface area (Å²) in [5.74, 6) is 0.671. The van der Waals surface area contributed by atoms with Crippen molar-refractivity contribution < 1.29 is 14.3 Å². The highest BCUT2D eigenvalue weighted by molar-refractivity contribution is 7.98. The van der Waals surface area contributed by atoms with Gasteiger partial charge in [-0.05, 0) is 12.1 Å². The number of nitrogens with one attached hydrogen (secondary N) is 1. The molecule has 0 saturated carbocycles. The van der Waals surface area contributed by atoms with Gasteiger partial charge in [-0.15, -0.1) is 11.8 Å². The minimum atomic E-state index is -0.512. The smallest absolute Gasteiger partial charge is 0.411 e. The van der Waals surface area contributed by atoms with Crippen LogP contribution in [-0.2, 0) is 15.4 Å². The molecule has 0 radical (unpaired) electrons. The van der Waals surface area contributed by atoms with Gasteiger partial charge in [0.05, 0.1) is 24.4 Å². The Hall–Kier alpha value is -1.99. The van der Waals surface area contributed by atoms with Crippen molar-refractivity contribution in [3.63, 3.8) is 0 Å². The number of rotatable bonds is 7. The highest BCUT2D eigenvalue weighted by atomic mass is 32.2. The van der Waals surface area contributed by atoms with Gasteiger partial charge in [-0.1, -0.05) is 18.2 Å². The van der Waals surface area contributed by atoms with E-state index < -0.39 is 6.09 Å². The Kier molecular flexibility index (Phi) is 6.11. The van der Waals surface area contributed by atoms with Gasteiger partial charge in [0, 0.05) is 18.2 Å². The van der Waals surface area contributed by atoms with Gasteiger partial charge >= 0.3 is 6.09 Å². The van der Waals surface area contributed by atoms with Crippen molar-refractivity contribution >= 4 is 23.5 Å². The van der Waals surface area contributed by atoms with Crippen molar-refractivity contribution in [3.8, 4) is 0 Å². The molecule has 1 aromatic carbocycles. The summed E-state index contributed by atoms with van der Waals surface area (Å²) in [7, 11) is 1.55. The summed E-state index contributed by atoms with van der Waals surface area (Å²) in [4.78, 5) is 12.6. The number of carbonyl (C=O) groups excluding carboxylic acids is 1. The summed E-state index contributed by atoms with van der Waals surface area (Å²) in [6.07, 6.45) is 2.83. The van der Waals surface area contributed by atoms with Gasteiger partial charge in [-0.25, -0.2) is 4.79 Å². The number of aromatic nitrogens is 2. The standard InChI is InChI=1S/C14H17N3O3S/c1-19-7-8-20-14(18)16-12-9-15-17(10-12)11-21-13-5-3-2-4-6-13/h2-6,9-10H,7-8,11H2,1H3,(H,16,18). The molecule has 0 atom stereocenters. The number of amides is 1. The quantitative estimate of drug-likeness (QED) is 0.629. The van der Waals surface area contributed by atoms with E-state index in [0.717, 1.165) is 0 Å². The molecular weight excluding hydrogens is 290 g/mol.